The van der Waals surface area contributed by atoms with Gasteiger partial charge in [0.1, 0.15) is 12.0 Å². The third-order valence-corrected chi connectivity index (χ3v) is 3.55. The molecule has 5 nitrogen and oxygen atoms in total. The Kier molecular flexibility index (Phi) is 3.50. The first-order valence-corrected chi connectivity index (χ1v) is 6.76. The molecule has 0 saturated carbocycles. The molecule has 2 aromatic rings. The number of para-hydroxylation sites is 1. The van der Waals surface area contributed by atoms with E-state index in [0.29, 0.717) is 16.8 Å². The molecule has 6 heteroatoms. The average molecular weight is 299 g/mol. The fourth-order valence-corrected chi connectivity index (χ4v) is 2.59. The number of anilines is 1. The van der Waals surface area contributed by atoms with Crippen LogP contribution in [0.5, 0.6) is 0 Å². The summed E-state index contributed by atoms with van der Waals surface area (Å²) in [7, 11) is 0. The number of carbonyl (C=O) groups is 2. The highest BCUT2D eigenvalue weighted by Gasteiger charge is 2.32. The van der Waals surface area contributed by atoms with Gasteiger partial charge in [-0.2, -0.15) is 0 Å². The van der Waals surface area contributed by atoms with E-state index in [1.807, 2.05) is 0 Å². The molecule has 0 aromatic heterocycles. The number of nitrogens with two attached hydrogens (primary N) is 1. The lowest BCUT2D eigenvalue weighted by Crippen LogP contribution is -2.49. The molecule has 0 radical (unpaired) electrons. The molecule has 3 N–H and O–H groups in total. The van der Waals surface area contributed by atoms with Crippen LogP contribution in [0.4, 0.5) is 10.1 Å². The summed E-state index contributed by atoms with van der Waals surface area (Å²) in [5.74, 6) is -1.13. The second kappa shape index (κ2) is 5.48. The van der Waals surface area contributed by atoms with Crippen molar-refractivity contribution in [3.63, 3.8) is 0 Å². The number of nitrogens with one attached hydrogen (secondary N) is 1. The molecule has 0 bridgehead atoms. The molecule has 1 aliphatic rings. The third kappa shape index (κ3) is 2.50. The maximum Gasteiger partial charge on any atom is 0.255 e. The Morgan fingerprint density at radius 3 is 2.55 bits per heavy atom. The van der Waals surface area contributed by atoms with E-state index >= 15 is 0 Å². The van der Waals surface area contributed by atoms with E-state index in [9.17, 15) is 14.0 Å². The molecule has 112 valence electrons. The lowest BCUT2D eigenvalue weighted by atomic mass is 10.0. The highest BCUT2D eigenvalue weighted by Crippen LogP contribution is 2.32. The number of fused-ring (bicyclic) bond motifs is 1. The molecule has 0 spiro atoms. The molecule has 22 heavy (non-hydrogen) atoms. The van der Waals surface area contributed by atoms with Crippen molar-refractivity contribution in [1.82, 2.24) is 5.32 Å². The van der Waals surface area contributed by atoms with Crippen molar-refractivity contribution in [2.24, 2.45) is 5.73 Å². The largest absolute Gasteiger partial charge is 0.368 e. The predicted octanol–water partition coefficient (Wildman–Crippen LogP) is 1.56. The minimum Gasteiger partial charge on any atom is -0.368 e. The second-order valence-corrected chi connectivity index (χ2v) is 5.04. The van der Waals surface area contributed by atoms with Crippen LogP contribution >= 0.6 is 0 Å². The zero-order valence-corrected chi connectivity index (χ0v) is 11.6. The van der Waals surface area contributed by atoms with Gasteiger partial charge in [-0.15, -0.1) is 0 Å². The van der Waals surface area contributed by atoms with Gasteiger partial charge in [0.15, 0.2) is 0 Å². The first-order valence-electron chi connectivity index (χ1n) is 6.76. The minimum absolute atomic E-state index is 0.0562. The van der Waals surface area contributed by atoms with E-state index in [4.69, 9.17) is 5.73 Å². The number of benzene rings is 2. The van der Waals surface area contributed by atoms with E-state index in [2.05, 4.69) is 5.32 Å². The first kappa shape index (κ1) is 14.1. The van der Waals surface area contributed by atoms with Crippen LogP contribution in [-0.2, 0) is 4.79 Å². The summed E-state index contributed by atoms with van der Waals surface area (Å²) >= 11 is 0. The molecule has 0 aliphatic carbocycles. The molecule has 2 aromatic carbocycles. The Hall–Kier alpha value is -2.89. The van der Waals surface area contributed by atoms with Crippen molar-refractivity contribution in [1.29, 1.82) is 0 Å². The summed E-state index contributed by atoms with van der Waals surface area (Å²) in [5.41, 5.74) is 7.10. The molecule has 2 amide bonds. The summed E-state index contributed by atoms with van der Waals surface area (Å²) in [5, 5.41) is 2.82. The molecule has 0 unspecified atom stereocenters. The van der Waals surface area contributed by atoms with Gasteiger partial charge in [0.25, 0.3) is 5.91 Å². The molecule has 1 heterocycles. The molecule has 1 aliphatic heterocycles. The minimum atomic E-state index is -0.574. The summed E-state index contributed by atoms with van der Waals surface area (Å²) in [6.07, 6.45) is -0.574. The fourth-order valence-electron chi connectivity index (χ4n) is 2.59. The van der Waals surface area contributed by atoms with Gasteiger partial charge in [0, 0.05) is 0 Å². The van der Waals surface area contributed by atoms with Crippen molar-refractivity contribution >= 4 is 17.5 Å². The highest BCUT2D eigenvalue weighted by atomic mass is 19.1. The normalized spacial score (nSPS) is 16.9. The molecule has 1 atom stereocenters. The maximum absolute atomic E-state index is 13.1. The number of primary amides is 1. The number of hydrogen-bond donors (Lipinski definition) is 2. The van der Waals surface area contributed by atoms with Crippen LogP contribution in [0.15, 0.2) is 48.5 Å². The van der Waals surface area contributed by atoms with Crippen LogP contribution in [-0.4, -0.2) is 18.4 Å². The van der Waals surface area contributed by atoms with Crippen molar-refractivity contribution < 1.29 is 14.0 Å². The van der Waals surface area contributed by atoms with Crippen molar-refractivity contribution in [2.75, 3.05) is 11.4 Å². The van der Waals surface area contributed by atoms with Gasteiger partial charge in [0.2, 0.25) is 5.91 Å². The van der Waals surface area contributed by atoms with Gasteiger partial charge >= 0.3 is 0 Å². The van der Waals surface area contributed by atoms with Crippen molar-refractivity contribution in [3.05, 3.63) is 65.5 Å². The van der Waals surface area contributed by atoms with E-state index in [-0.39, 0.29) is 18.3 Å². The van der Waals surface area contributed by atoms with Gasteiger partial charge in [0.05, 0.1) is 17.8 Å². The van der Waals surface area contributed by atoms with E-state index in [1.165, 1.54) is 12.1 Å². The topological polar surface area (TPSA) is 75.4 Å². The number of rotatable bonds is 3. The van der Waals surface area contributed by atoms with Crippen LogP contribution in [0.3, 0.4) is 0 Å². The van der Waals surface area contributed by atoms with Crippen LogP contribution in [0, 0.1) is 5.82 Å². The fraction of sp³-hybridized carbons (Fsp3) is 0.125. The van der Waals surface area contributed by atoms with E-state index < -0.39 is 12.1 Å². The molecular weight excluding hydrogens is 285 g/mol. The van der Waals surface area contributed by atoms with Gasteiger partial charge in [-0.05, 0) is 29.8 Å². The Morgan fingerprint density at radius 1 is 1.18 bits per heavy atom. The SMILES string of the molecule is NC(=O)CN1c2ccccc2C(=O)N[C@H]1c1ccc(F)cc1. The highest BCUT2D eigenvalue weighted by molar-refractivity contribution is 6.02. The number of carbonyl (C=O) groups excluding carboxylic acids is 2. The molecule has 3 rings (SSSR count). The number of nitrogens with zero attached hydrogens (tertiary/aromatic N) is 1. The first-order chi connectivity index (χ1) is 10.6. The van der Waals surface area contributed by atoms with Crippen LogP contribution in [0.1, 0.15) is 22.1 Å². The Labute approximate surface area is 126 Å². The average Bonchev–Trinajstić information content (AvgIpc) is 2.51. The molecular formula is C16H14FN3O2. The zero-order chi connectivity index (χ0) is 15.7. The van der Waals surface area contributed by atoms with Crippen LogP contribution in [0.25, 0.3) is 0 Å². The lowest BCUT2D eigenvalue weighted by molar-refractivity contribution is -0.116. The third-order valence-electron chi connectivity index (χ3n) is 3.55. The second-order valence-electron chi connectivity index (χ2n) is 5.04. The summed E-state index contributed by atoms with van der Waals surface area (Å²) in [6.45, 7) is -0.0562. The quantitative estimate of drug-likeness (QED) is 0.903. The van der Waals surface area contributed by atoms with E-state index in [1.54, 1.807) is 41.3 Å². The molecule has 0 saturated heterocycles. The van der Waals surface area contributed by atoms with Gasteiger partial charge < -0.3 is 16.0 Å². The van der Waals surface area contributed by atoms with Crippen LogP contribution < -0.4 is 16.0 Å². The Bertz CT molecular complexity index is 730. The van der Waals surface area contributed by atoms with E-state index in [0.717, 1.165) is 0 Å². The number of amides is 2. The smallest absolute Gasteiger partial charge is 0.255 e. The lowest BCUT2D eigenvalue weighted by Gasteiger charge is -2.38. The van der Waals surface area contributed by atoms with Gasteiger partial charge in [-0.25, -0.2) is 4.39 Å². The zero-order valence-electron chi connectivity index (χ0n) is 11.6. The molecule has 0 fully saturated rings. The summed E-state index contributed by atoms with van der Waals surface area (Å²) < 4.78 is 13.1. The van der Waals surface area contributed by atoms with Crippen molar-refractivity contribution in [2.45, 2.75) is 6.17 Å². The monoisotopic (exact) mass is 299 g/mol. The predicted molar refractivity (Wildman–Crippen MR) is 79.6 cm³/mol. The summed E-state index contributed by atoms with van der Waals surface area (Å²) in [4.78, 5) is 25.3. The van der Waals surface area contributed by atoms with Crippen LogP contribution in [0.2, 0.25) is 0 Å². The van der Waals surface area contributed by atoms with Crippen molar-refractivity contribution in [3.8, 4) is 0 Å². The summed E-state index contributed by atoms with van der Waals surface area (Å²) in [6, 6.07) is 12.7. The Morgan fingerprint density at radius 2 is 1.86 bits per heavy atom. The standard InChI is InChI=1S/C16H14FN3O2/c17-11-7-5-10(6-8-11)15-19-16(22)12-3-1-2-4-13(12)20(15)9-14(18)21/h1-8,15H,9H2,(H2,18,21)(H,19,22)/t15-/m1/s1. The Balaban J connectivity index is 2.07. The van der Waals surface area contributed by atoms with Gasteiger partial charge in [-0.3, -0.25) is 9.59 Å². The maximum atomic E-state index is 13.1. The number of halogens is 1. The van der Waals surface area contributed by atoms with Gasteiger partial charge in [-0.1, -0.05) is 24.3 Å². The number of hydrogen-bond acceptors (Lipinski definition) is 3.